The Kier molecular flexibility index (Phi) is 2.54. The minimum atomic E-state index is -1.60. The van der Waals surface area contributed by atoms with Crippen molar-refractivity contribution in [2.45, 2.75) is 0 Å². The largest absolute Gasteiger partial charge is 0.368 e. The van der Waals surface area contributed by atoms with Gasteiger partial charge in [0, 0.05) is 5.56 Å². The summed E-state index contributed by atoms with van der Waals surface area (Å²) in [5.74, 6) is -4.93. The molecule has 0 saturated heterocycles. The summed E-state index contributed by atoms with van der Waals surface area (Å²) in [5, 5.41) is 0. The van der Waals surface area contributed by atoms with Gasteiger partial charge in [0.2, 0.25) is 5.95 Å². The SMILES string of the molecule is Nc1nc(-c2cc(F)c(F)c(F)c2)[nH]c(=O)n1. The molecule has 0 amide bonds. The maximum absolute atomic E-state index is 12.9. The van der Waals surface area contributed by atoms with Gasteiger partial charge in [0.25, 0.3) is 0 Å². The van der Waals surface area contributed by atoms with Crippen LogP contribution in [-0.4, -0.2) is 15.0 Å². The number of hydrogen-bond donors (Lipinski definition) is 2. The summed E-state index contributed by atoms with van der Waals surface area (Å²) in [6.45, 7) is 0. The van der Waals surface area contributed by atoms with Crippen LogP contribution in [0.1, 0.15) is 0 Å². The standard InChI is InChI=1S/C9H5F3N4O/c10-4-1-3(2-5(11)6(4)12)7-14-8(13)16-9(17)15-7/h1-2H,(H3,13,14,15,16,17). The Morgan fingerprint density at radius 1 is 1.12 bits per heavy atom. The number of anilines is 1. The molecule has 0 aliphatic carbocycles. The van der Waals surface area contributed by atoms with Crippen LogP contribution in [-0.2, 0) is 0 Å². The molecule has 8 heteroatoms. The zero-order chi connectivity index (χ0) is 12.6. The van der Waals surface area contributed by atoms with E-state index < -0.39 is 23.1 Å². The van der Waals surface area contributed by atoms with E-state index in [0.717, 1.165) is 0 Å². The van der Waals surface area contributed by atoms with Crippen molar-refractivity contribution in [3.05, 3.63) is 40.1 Å². The lowest BCUT2D eigenvalue weighted by Crippen LogP contribution is -2.15. The van der Waals surface area contributed by atoms with Crippen molar-refractivity contribution in [1.82, 2.24) is 15.0 Å². The molecule has 2 rings (SSSR count). The summed E-state index contributed by atoms with van der Waals surface area (Å²) in [7, 11) is 0. The van der Waals surface area contributed by atoms with Gasteiger partial charge in [0.1, 0.15) is 5.82 Å². The Morgan fingerprint density at radius 3 is 2.24 bits per heavy atom. The van der Waals surface area contributed by atoms with Crippen LogP contribution >= 0.6 is 0 Å². The smallest absolute Gasteiger partial charge is 0.349 e. The van der Waals surface area contributed by atoms with Crippen molar-refractivity contribution < 1.29 is 13.2 Å². The number of halogens is 3. The molecule has 1 aromatic carbocycles. The maximum Gasteiger partial charge on any atom is 0.349 e. The van der Waals surface area contributed by atoms with Gasteiger partial charge in [-0.25, -0.2) is 18.0 Å². The summed E-state index contributed by atoms with van der Waals surface area (Å²) in [4.78, 5) is 19.9. The van der Waals surface area contributed by atoms with E-state index >= 15 is 0 Å². The van der Waals surface area contributed by atoms with Crippen molar-refractivity contribution in [2.24, 2.45) is 0 Å². The first kappa shape index (κ1) is 11.1. The van der Waals surface area contributed by atoms with Gasteiger partial charge in [-0.2, -0.15) is 9.97 Å². The van der Waals surface area contributed by atoms with Crippen molar-refractivity contribution in [3.63, 3.8) is 0 Å². The molecule has 2 aromatic rings. The Hall–Kier alpha value is -2.38. The second-order valence-corrected chi connectivity index (χ2v) is 3.11. The number of nitrogens with two attached hydrogens (primary N) is 1. The van der Waals surface area contributed by atoms with Crippen LogP contribution < -0.4 is 11.4 Å². The monoisotopic (exact) mass is 242 g/mol. The Labute approximate surface area is 92.1 Å². The first-order valence-corrected chi connectivity index (χ1v) is 4.36. The summed E-state index contributed by atoms with van der Waals surface area (Å²) in [6.07, 6.45) is 0. The van der Waals surface area contributed by atoms with Crippen LogP contribution in [0.2, 0.25) is 0 Å². The Morgan fingerprint density at radius 2 is 1.71 bits per heavy atom. The number of hydrogen-bond acceptors (Lipinski definition) is 4. The average molecular weight is 242 g/mol. The van der Waals surface area contributed by atoms with Gasteiger partial charge in [-0.1, -0.05) is 0 Å². The van der Waals surface area contributed by atoms with Crippen LogP contribution in [0.4, 0.5) is 19.1 Å². The third kappa shape index (κ3) is 2.10. The first-order valence-electron chi connectivity index (χ1n) is 4.36. The molecule has 5 nitrogen and oxygen atoms in total. The summed E-state index contributed by atoms with van der Waals surface area (Å²) < 4.78 is 38.6. The van der Waals surface area contributed by atoms with Crippen LogP contribution in [0.15, 0.2) is 16.9 Å². The average Bonchev–Trinajstić information content (AvgIpc) is 2.23. The Balaban J connectivity index is 2.64. The van der Waals surface area contributed by atoms with Gasteiger partial charge in [-0.3, -0.25) is 4.98 Å². The predicted molar refractivity (Wildman–Crippen MR) is 52.4 cm³/mol. The molecule has 0 aliphatic heterocycles. The van der Waals surface area contributed by atoms with Gasteiger partial charge >= 0.3 is 5.69 Å². The lowest BCUT2D eigenvalue weighted by Gasteiger charge is -2.02. The molecule has 0 radical (unpaired) electrons. The van der Waals surface area contributed by atoms with Gasteiger partial charge in [-0.15, -0.1) is 0 Å². The normalized spacial score (nSPS) is 10.5. The highest BCUT2D eigenvalue weighted by molar-refractivity contribution is 5.55. The molecule has 1 heterocycles. The lowest BCUT2D eigenvalue weighted by atomic mass is 10.2. The third-order valence-electron chi connectivity index (χ3n) is 1.93. The van der Waals surface area contributed by atoms with E-state index in [4.69, 9.17) is 5.73 Å². The van der Waals surface area contributed by atoms with Gasteiger partial charge in [-0.05, 0) is 12.1 Å². The second-order valence-electron chi connectivity index (χ2n) is 3.11. The van der Waals surface area contributed by atoms with Gasteiger partial charge in [0.15, 0.2) is 17.5 Å². The number of nitrogens with one attached hydrogen (secondary N) is 1. The number of aromatic amines is 1. The number of H-pyrrole nitrogens is 1. The van der Waals surface area contributed by atoms with E-state index in [-0.39, 0.29) is 17.3 Å². The van der Waals surface area contributed by atoms with E-state index in [2.05, 4.69) is 15.0 Å². The highest BCUT2D eigenvalue weighted by atomic mass is 19.2. The van der Waals surface area contributed by atoms with E-state index in [9.17, 15) is 18.0 Å². The number of nitrogen functional groups attached to an aromatic ring is 1. The minimum absolute atomic E-state index is 0.146. The van der Waals surface area contributed by atoms with Crippen molar-refractivity contribution in [2.75, 3.05) is 5.73 Å². The molecule has 0 unspecified atom stereocenters. The fraction of sp³-hybridized carbons (Fsp3) is 0. The second kappa shape index (κ2) is 3.89. The molecule has 0 fully saturated rings. The molecule has 0 aliphatic rings. The van der Waals surface area contributed by atoms with E-state index in [0.29, 0.717) is 12.1 Å². The number of nitrogens with zero attached hydrogens (tertiary/aromatic N) is 2. The highest BCUT2D eigenvalue weighted by Gasteiger charge is 2.13. The minimum Gasteiger partial charge on any atom is -0.368 e. The van der Waals surface area contributed by atoms with Crippen LogP contribution in [0.3, 0.4) is 0 Å². The molecule has 1 aromatic heterocycles. The molecular weight excluding hydrogens is 237 g/mol. The van der Waals surface area contributed by atoms with Crippen molar-refractivity contribution in [3.8, 4) is 11.4 Å². The highest BCUT2D eigenvalue weighted by Crippen LogP contribution is 2.20. The van der Waals surface area contributed by atoms with Crippen LogP contribution in [0, 0.1) is 17.5 Å². The molecule has 0 bridgehead atoms. The van der Waals surface area contributed by atoms with Gasteiger partial charge in [0.05, 0.1) is 0 Å². The van der Waals surface area contributed by atoms with Crippen molar-refractivity contribution >= 4 is 5.95 Å². The van der Waals surface area contributed by atoms with E-state index in [1.807, 2.05) is 0 Å². The first-order chi connectivity index (χ1) is 7.97. The van der Waals surface area contributed by atoms with E-state index in [1.165, 1.54) is 0 Å². The van der Waals surface area contributed by atoms with Crippen molar-refractivity contribution in [1.29, 1.82) is 0 Å². The summed E-state index contributed by atoms with van der Waals surface area (Å²) in [5.41, 5.74) is 4.23. The summed E-state index contributed by atoms with van der Waals surface area (Å²) in [6, 6.07) is 1.38. The quantitative estimate of drug-likeness (QED) is 0.725. The molecule has 3 N–H and O–H groups in total. The molecular formula is C9H5F3N4O. The maximum atomic E-state index is 12.9. The fourth-order valence-electron chi connectivity index (χ4n) is 1.23. The van der Waals surface area contributed by atoms with Crippen LogP contribution in [0.5, 0.6) is 0 Å². The Bertz CT molecular complexity index is 617. The number of rotatable bonds is 1. The van der Waals surface area contributed by atoms with Crippen LogP contribution in [0.25, 0.3) is 11.4 Å². The zero-order valence-electron chi connectivity index (χ0n) is 8.17. The number of aromatic nitrogens is 3. The lowest BCUT2D eigenvalue weighted by molar-refractivity contribution is 0.447. The molecule has 88 valence electrons. The molecule has 0 spiro atoms. The third-order valence-corrected chi connectivity index (χ3v) is 1.93. The number of benzene rings is 1. The molecule has 17 heavy (non-hydrogen) atoms. The van der Waals surface area contributed by atoms with E-state index in [1.54, 1.807) is 0 Å². The zero-order valence-corrected chi connectivity index (χ0v) is 8.17. The summed E-state index contributed by atoms with van der Waals surface area (Å²) >= 11 is 0. The molecule has 0 atom stereocenters. The van der Waals surface area contributed by atoms with Gasteiger partial charge < -0.3 is 5.73 Å². The predicted octanol–water partition coefficient (Wildman–Crippen LogP) is 0.831. The molecule has 0 saturated carbocycles. The topological polar surface area (TPSA) is 84.7 Å². The fourth-order valence-corrected chi connectivity index (χ4v) is 1.23.